The van der Waals surface area contributed by atoms with E-state index in [-0.39, 0.29) is 5.38 Å². The summed E-state index contributed by atoms with van der Waals surface area (Å²) in [5.74, 6) is 2.42. The van der Waals surface area contributed by atoms with Crippen molar-refractivity contribution in [2.24, 2.45) is 17.8 Å². The molecule has 2 aliphatic carbocycles. The van der Waals surface area contributed by atoms with Crippen LogP contribution < -0.4 is 0 Å². The number of benzene rings is 1. The summed E-state index contributed by atoms with van der Waals surface area (Å²) in [6.07, 6.45) is 4.11. The first kappa shape index (κ1) is 11.2. The lowest BCUT2D eigenvalue weighted by molar-refractivity contribution is 0.574. The van der Waals surface area contributed by atoms with Gasteiger partial charge < -0.3 is 0 Å². The summed E-state index contributed by atoms with van der Waals surface area (Å²) in [6, 6.07) is 5.75. The van der Waals surface area contributed by atoms with Crippen LogP contribution in [0.15, 0.2) is 18.2 Å². The van der Waals surface area contributed by atoms with Gasteiger partial charge in [0, 0.05) is 0 Å². The number of hydrogen-bond donors (Lipinski definition) is 0. The van der Waals surface area contributed by atoms with Crippen LogP contribution in [0.3, 0.4) is 0 Å². The van der Waals surface area contributed by atoms with E-state index in [1.165, 1.54) is 19.3 Å². The molecule has 3 rings (SSSR count). The molecule has 0 aromatic heterocycles. The molecule has 2 aliphatic rings. The quantitative estimate of drug-likeness (QED) is 0.641. The lowest BCUT2D eigenvalue weighted by atomic mass is 10.0. The molecule has 0 spiro atoms. The van der Waals surface area contributed by atoms with E-state index in [1.807, 2.05) is 18.2 Å². The standard InChI is InChI=1S/C13H13Cl3/c14-10-5-4-7(6-11(10)15)13(16)12-8-2-1-3-9(8)12/h4-6,8-9,12-13H,1-3H2. The van der Waals surface area contributed by atoms with Gasteiger partial charge in [0.15, 0.2) is 0 Å². The van der Waals surface area contributed by atoms with Crippen molar-refractivity contribution in [2.75, 3.05) is 0 Å². The van der Waals surface area contributed by atoms with Crippen LogP contribution in [-0.2, 0) is 0 Å². The molecule has 3 heteroatoms. The van der Waals surface area contributed by atoms with Crippen LogP contribution in [0.4, 0.5) is 0 Å². The summed E-state index contributed by atoms with van der Waals surface area (Å²) in [6.45, 7) is 0. The maximum Gasteiger partial charge on any atom is 0.0619 e. The van der Waals surface area contributed by atoms with Gasteiger partial charge in [-0.05, 0) is 48.3 Å². The molecule has 3 atom stereocenters. The second kappa shape index (κ2) is 4.08. The van der Waals surface area contributed by atoms with Crippen LogP contribution in [0, 0.1) is 17.8 Å². The molecule has 1 aromatic rings. The molecule has 2 saturated carbocycles. The molecule has 86 valence electrons. The third kappa shape index (κ3) is 1.75. The molecular formula is C13H13Cl3. The van der Waals surface area contributed by atoms with Crippen LogP contribution in [0.25, 0.3) is 0 Å². The molecule has 2 fully saturated rings. The van der Waals surface area contributed by atoms with E-state index in [9.17, 15) is 0 Å². The Morgan fingerprint density at radius 2 is 1.75 bits per heavy atom. The Morgan fingerprint density at radius 3 is 2.38 bits per heavy atom. The van der Waals surface area contributed by atoms with Crippen molar-refractivity contribution in [1.82, 2.24) is 0 Å². The third-order valence-electron chi connectivity index (χ3n) is 4.07. The topological polar surface area (TPSA) is 0 Å². The summed E-state index contributed by atoms with van der Waals surface area (Å²) in [5, 5.41) is 1.32. The molecule has 0 N–H and O–H groups in total. The molecule has 0 amide bonds. The van der Waals surface area contributed by atoms with Crippen LogP contribution in [-0.4, -0.2) is 0 Å². The van der Waals surface area contributed by atoms with E-state index in [2.05, 4.69) is 0 Å². The molecule has 0 nitrogen and oxygen atoms in total. The van der Waals surface area contributed by atoms with Gasteiger partial charge in [0.25, 0.3) is 0 Å². The monoisotopic (exact) mass is 274 g/mol. The van der Waals surface area contributed by atoms with Gasteiger partial charge in [0.2, 0.25) is 0 Å². The smallest absolute Gasteiger partial charge is 0.0619 e. The van der Waals surface area contributed by atoms with Gasteiger partial charge in [0.05, 0.1) is 15.4 Å². The van der Waals surface area contributed by atoms with Gasteiger partial charge in [-0.1, -0.05) is 35.7 Å². The number of hydrogen-bond acceptors (Lipinski definition) is 0. The fraction of sp³-hybridized carbons (Fsp3) is 0.538. The van der Waals surface area contributed by atoms with Gasteiger partial charge in [-0.15, -0.1) is 11.6 Å². The predicted octanol–water partition coefficient (Wildman–Crippen LogP) is 5.32. The van der Waals surface area contributed by atoms with E-state index in [4.69, 9.17) is 34.8 Å². The predicted molar refractivity (Wildman–Crippen MR) is 69.4 cm³/mol. The molecule has 0 bridgehead atoms. The minimum Gasteiger partial charge on any atom is -0.117 e. The summed E-state index contributed by atoms with van der Waals surface area (Å²) in [5.41, 5.74) is 1.12. The van der Waals surface area contributed by atoms with Crippen LogP contribution in [0.1, 0.15) is 30.2 Å². The maximum absolute atomic E-state index is 6.53. The van der Waals surface area contributed by atoms with E-state index < -0.39 is 0 Å². The zero-order valence-corrected chi connectivity index (χ0v) is 11.1. The second-order valence-electron chi connectivity index (χ2n) is 4.91. The van der Waals surface area contributed by atoms with E-state index in [1.54, 1.807) is 0 Å². The highest BCUT2D eigenvalue weighted by atomic mass is 35.5. The normalized spacial score (nSPS) is 33.6. The van der Waals surface area contributed by atoms with E-state index in [0.29, 0.717) is 16.0 Å². The van der Waals surface area contributed by atoms with Crippen molar-refractivity contribution in [3.05, 3.63) is 33.8 Å². The van der Waals surface area contributed by atoms with Crippen molar-refractivity contribution < 1.29 is 0 Å². The lowest BCUT2D eigenvalue weighted by Crippen LogP contribution is -1.98. The van der Waals surface area contributed by atoms with Crippen molar-refractivity contribution in [3.8, 4) is 0 Å². The Bertz CT molecular complexity index is 406. The number of alkyl halides is 1. The first-order valence-electron chi connectivity index (χ1n) is 5.77. The Morgan fingerprint density at radius 1 is 1.06 bits per heavy atom. The molecule has 0 radical (unpaired) electrons. The average Bonchev–Trinajstić information content (AvgIpc) is 2.74. The number of rotatable bonds is 2. The molecule has 16 heavy (non-hydrogen) atoms. The maximum atomic E-state index is 6.53. The fourth-order valence-corrected chi connectivity index (χ4v) is 4.03. The van der Waals surface area contributed by atoms with Crippen molar-refractivity contribution in [2.45, 2.75) is 24.6 Å². The SMILES string of the molecule is Clc1ccc(C(Cl)C2C3CCCC32)cc1Cl. The van der Waals surface area contributed by atoms with Gasteiger partial charge >= 0.3 is 0 Å². The molecule has 3 unspecified atom stereocenters. The fourth-order valence-electron chi connectivity index (χ4n) is 3.22. The first-order valence-corrected chi connectivity index (χ1v) is 6.97. The zero-order valence-electron chi connectivity index (χ0n) is 8.80. The lowest BCUT2D eigenvalue weighted by Gasteiger charge is -2.12. The number of fused-ring (bicyclic) bond motifs is 1. The summed E-state index contributed by atoms with van der Waals surface area (Å²) in [7, 11) is 0. The van der Waals surface area contributed by atoms with E-state index in [0.717, 1.165) is 17.4 Å². The Balaban J connectivity index is 1.79. The minimum absolute atomic E-state index is 0.116. The van der Waals surface area contributed by atoms with Gasteiger partial charge in [-0.25, -0.2) is 0 Å². The van der Waals surface area contributed by atoms with Crippen LogP contribution in [0.5, 0.6) is 0 Å². The highest BCUT2D eigenvalue weighted by Gasteiger charge is 2.55. The Hall–Kier alpha value is 0.0900. The Kier molecular flexibility index (Phi) is 2.86. The zero-order chi connectivity index (χ0) is 11.3. The van der Waals surface area contributed by atoms with Crippen molar-refractivity contribution in [3.63, 3.8) is 0 Å². The minimum atomic E-state index is 0.116. The van der Waals surface area contributed by atoms with E-state index >= 15 is 0 Å². The van der Waals surface area contributed by atoms with Crippen molar-refractivity contribution >= 4 is 34.8 Å². The first-order chi connectivity index (χ1) is 7.68. The molecular weight excluding hydrogens is 263 g/mol. The molecule has 0 heterocycles. The largest absolute Gasteiger partial charge is 0.117 e. The third-order valence-corrected chi connectivity index (χ3v) is 5.35. The average molecular weight is 276 g/mol. The summed E-state index contributed by atoms with van der Waals surface area (Å²) in [4.78, 5) is 0. The molecule has 0 saturated heterocycles. The van der Waals surface area contributed by atoms with Crippen LogP contribution >= 0.6 is 34.8 Å². The van der Waals surface area contributed by atoms with Crippen LogP contribution in [0.2, 0.25) is 10.0 Å². The molecule has 0 aliphatic heterocycles. The van der Waals surface area contributed by atoms with Gasteiger partial charge in [-0.3, -0.25) is 0 Å². The second-order valence-corrected chi connectivity index (χ2v) is 6.20. The highest BCUT2D eigenvalue weighted by Crippen LogP contribution is 2.63. The van der Waals surface area contributed by atoms with Crippen molar-refractivity contribution in [1.29, 1.82) is 0 Å². The van der Waals surface area contributed by atoms with Gasteiger partial charge in [0.1, 0.15) is 0 Å². The summed E-state index contributed by atoms with van der Waals surface area (Å²) >= 11 is 18.4. The highest BCUT2D eigenvalue weighted by molar-refractivity contribution is 6.42. The Labute approximate surface area is 111 Å². The molecule has 1 aromatic carbocycles. The number of halogens is 3. The summed E-state index contributed by atoms with van der Waals surface area (Å²) < 4.78 is 0. The van der Waals surface area contributed by atoms with Gasteiger partial charge in [-0.2, -0.15) is 0 Å².